The van der Waals surface area contributed by atoms with Gasteiger partial charge in [0.05, 0.1) is 12.3 Å². The summed E-state index contributed by atoms with van der Waals surface area (Å²) in [7, 11) is 0. The van der Waals surface area contributed by atoms with Gasteiger partial charge in [0, 0.05) is 35.9 Å². The van der Waals surface area contributed by atoms with Crippen LogP contribution in [0.25, 0.3) is 11.0 Å². The predicted octanol–water partition coefficient (Wildman–Crippen LogP) is 3.21. The number of nitriles is 1. The molecule has 0 atom stereocenters. The van der Waals surface area contributed by atoms with E-state index >= 15 is 0 Å². The molecule has 0 radical (unpaired) electrons. The summed E-state index contributed by atoms with van der Waals surface area (Å²) in [5, 5.41) is 13.0. The van der Waals surface area contributed by atoms with Crippen LogP contribution in [-0.2, 0) is 5.41 Å². The molecule has 0 aliphatic carbocycles. The van der Waals surface area contributed by atoms with E-state index in [-0.39, 0.29) is 5.41 Å². The molecule has 2 rings (SSSR count). The molecule has 0 aliphatic heterocycles. The molecule has 3 heteroatoms. The largest absolute Gasteiger partial charge is 0.464 e. The molecule has 0 unspecified atom stereocenters. The van der Waals surface area contributed by atoms with Crippen LogP contribution in [0, 0.1) is 11.3 Å². The number of benzene rings is 1. The summed E-state index contributed by atoms with van der Waals surface area (Å²) < 4.78 is 5.58. The molecule has 3 nitrogen and oxygen atoms in total. The number of nitrogens with zero attached hydrogens (tertiary/aromatic N) is 1. The van der Waals surface area contributed by atoms with E-state index in [1.807, 2.05) is 24.5 Å². The zero-order valence-corrected chi connectivity index (χ0v) is 10.9. The van der Waals surface area contributed by atoms with Gasteiger partial charge in [-0.3, -0.25) is 0 Å². The fourth-order valence-corrected chi connectivity index (χ4v) is 2.14. The highest BCUT2D eigenvalue weighted by atomic mass is 16.3. The van der Waals surface area contributed by atoms with E-state index in [9.17, 15) is 0 Å². The average molecular weight is 242 g/mol. The fraction of sp³-hybridized carbons (Fsp3) is 0.400. The summed E-state index contributed by atoms with van der Waals surface area (Å²) in [4.78, 5) is 0. The van der Waals surface area contributed by atoms with Crippen LogP contribution in [-0.4, -0.2) is 13.1 Å². The van der Waals surface area contributed by atoms with E-state index in [1.54, 1.807) is 0 Å². The molecule has 0 bridgehead atoms. The number of furan rings is 1. The van der Waals surface area contributed by atoms with Crippen LogP contribution < -0.4 is 5.32 Å². The maximum absolute atomic E-state index is 8.52. The Bertz CT molecular complexity index is 563. The summed E-state index contributed by atoms with van der Waals surface area (Å²) in [6.07, 6.45) is 2.39. The van der Waals surface area contributed by atoms with E-state index in [2.05, 4.69) is 31.3 Å². The van der Waals surface area contributed by atoms with E-state index in [4.69, 9.17) is 9.68 Å². The van der Waals surface area contributed by atoms with Crippen LogP contribution in [0.2, 0.25) is 0 Å². The highest BCUT2D eigenvalue weighted by Gasteiger charge is 2.24. The van der Waals surface area contributed by atoms with Crippen molar-refractivity contribution in [3.63, 3.8) is 0 Å². The second-order valence-electron chi connectivity index (χ2n) is 5.11. The lowest BCUT2D eigenvalue weighted by Gasteiger charge is -2.24. The Kier molecular flexibility index (Phi) is 3.69. The Hall–Kier alpha value is -1.79. The third kappa shape index (κ3) is 2.55. The summed E-state index contributed by atoms with van der Waals surface area (Å²) in [6, 6.07) is 10.2. The smallest absolute Gasteiger partial charge is 0.134 e. The molecule has 18 heavy (non-hydrogen) atoms. The highest BCUT2D eigenvalue weighted by molar-refractivity contribution is 5.82. The van der Waals surface area contributed by atoms with Crippen LogP contribution in [0.5, 0.6) is 0 Å². The van der Waals surface area contributed by atoms with Gasteiger partial charge in [0.2, 0.25) is 0 Å². The average Bonchev–Trinajstić information content (AvgIpc) is 2.79. The van der Waals surface area contributed by atoms with Crippen molar-refractivity contribution >= 4 is 11.0 Å². The van der Waals surface area contributed by atoms with E-state index < -0.39 is 0 Å². The quantitative estimate of drug-likeness (QED) is 0.819. The van der Waals surface area contributed by atoms with E-state index in [0.29, 0.717) is 6.42 Å². The third-order valence-electron chi connectivity index (χ3n) is 3.19. The van der Waals surface area contributed by atoms with E-state index in [1.165, 1.54) is 10.9 Å². The zero-order chi connectivity index (χ0) is 13.0. The van der Waals surface area contributed by atoms with Crippen molar-refractivity contribution in [1.82, 2.24) is 5.32 Å². The Labute approximate surface area is 107 Å². The highest BCUT2D eigenvalue weighted by Crippen LogP contribution is 2.31. The Morgan fingerprint density at radius 2 is 2.11 bits per heavy atom. The maximum Gasteiger partial charge on any atom is 0.134 e. The molecule has 0 fully saturated rings. The maximum atomic E-state index is 8.52. The first kappa shape index (κ1) is 12.7. The van der Waals surface area contributed by atoms with Gasteiger partial charge in [-0.05, 0) is 6.07 Å². The lowest BCUT2D eigenvalue weighted by molar-refractivity contribution is 0.467. The van der Waals surface area contributed by atoms with Crippen LogP contribution in [0.1, 0.15) is 25.8 Å². The Morgan fingerprint density at radius 3 is 2.89 bits per heavy atom. The molecular formula is C15H18N2O. The van der Waals surface area contributed by atoms with Gasteiger partial charge in [-0.25, -0.2) is 0 Å². The normalized spacial score (nSPS) is 11.6. The molecule has 1 aromatic carbocycles. The van der Waals surface area contributed by atoms with Crippen LogP contribution >= 0.6 is 0 Å². The van der Waals surface area contributed by atoms with Crippen molar-refractivity contribution < 1.29 is 4.42 Å². The molecule has 0 spiro atoms. The van der Waals surface area contributed by atoms with Crippen molar-refractivity contribution in [2.45, 2.75) is 25.7 Å². The molecule has 0 amide bonds. The number of nitrogens with one attached hydrogen (secondary N) is 1. The number of rotatable bonds is 5. The van der Waals surface area contributed by atoms with Crippen LogP contribution in [0.4, 0.5) is 0 Å². The molecule has 1 heterocycles. The molecule has 1 N–H and O–H groups in total. The van der Waals surface area contributed by atoms with Gasteiger partial charge in [0.1, 0.15) is 5.58 Å². The zero-order valence-electron chi connectivity index (χ0n) is 10.9. The second-order valence-corrected chi connectivity index (χ2v) is 5.11. The molecular weight excluding hydrogens is 224 g/mol. The van der Waals surface area contributed by atoms with Crippen molar-refractivity contribution in [1.29, 1.82) is 5.26 Å². The minimum absolute atomic E-state index is 0.0118. The van der Waals surface area contributed by atoms with Crippen LogP contribution in [0.15, 0.2) is 34.9 Å². The van der Waals surface area contributed by atoms with Gasteiger partial charge in [0.25, 0.3) is 0 Å². The predicted molar refractivity (Wildman–Crippen MR) is 72.3 cm³/mol. The molecule has 1 aromatic heterocycles. The molecule has 0 saturated heterocycles. The van der Waals surface area contributed by atoms with Gasteiger partial charge >= 0.3 is 0 Å². The Balaban J connectivity index is 2.16. The number of hydrogen-bond donors (Lipinski definition) is 1. The summed E-state index contributed by atoms with van der Waals surface area (Å²) in [5.41, 5.74) is 2.13. The van der Waals surface area contributed by atoms with Crippen molar-refractivity contribution in [3.05, 3.63) is 36.1 Å². The van der Waals surface area contributed by atoms with Gasteiger partial charge in [0.15, 0.2) is 0 Å². The number of para-hydroxylation sites is 1. The van der Waals surface area contributed by atoms with Crippen molar-refractivity contribution in [2.75, 3.05) is 13.1 Å². The fourth-order valence-electron chi connectivity index (χ4n) is 2.14. The topological polar surface area (TPSA) is 49.0 Å². The number of hydrogen-bond acceptors (Lipinski definition) is 3. The van der Waals surface area contributed by atoms with Crippen molar-refractivity contribution in [2.24, 2.45) is 0 Å². The van der Waals surface area contributed by atoms with Gasteiger partial charge in [-0.1, -0.05) is 32.0 Å². The summed E-state index contributed by atoms with van der Waals surface area (Å²) >= 11 is 0. The second kappa shape index (κ2) is 5.24. The van der Waals surface area contributed by atoms with Gasteiger partial charge in [-0.2, -0.15) is 5.26 Å². The first-order valence-corrected chi connectivity index (χ1v) is 6.19. The standard InChI is InChI=1S/C15H18N2O/c1-15(2,11-17-9-5-8-16)13-10-18-14-7-4-3-6-12(13)14/h3-4,6-7,10,17H,5,9,11H2,1-2H3. The van der Waals surface area contributed by atoms with E-state index in [0.717, 1.165) is 18.7 Å². The lowest BCUT2D eigenvalue weighted by atomic mass is 9.84. The molecule has 2 aromatic rings. The summed E-state index contributed by atoms with van der Waals surface area (Å²) in [5.74, 6) is 0. The molecule has 0 aliphatic rings. The monoisotopic (exact) mass is 242 g/mol. The minimum Gasteiger partial charge on any atom is -0.464 e. The summed E-state index contributed by atoms with van der Waals surface area (Å²) in [6.45, 7) is 5.93. The van der Waals surface area contributed by atoms with Gasteiger partial charge in [-0.15, -0.1) is 0 Å². The SMILES string of the molecule is CC(C)(CNCCC#N)c1coc2ccccc12. The first-order chi connectivity index (χ1) is 8.65. The molecule has 0 saturated carbocycles. The van der Waals surface area contributed by atoms with Gasteiger partial charge < -0.3 is 9.73 Å². The number of fused-ring (bicyclic) bond motifs is 1. The van der Waals surface area contributed by atoms with Crippen LogP contribution in [0.3, 0.4) is 0 Å². The minimum atomic E-state index is -0.0118. The first-order valence-electron chi connectivity index (χ1n) is 6.19. The molecule has 94 valence electrons. The van der Waals surface area contributed by atoms with Crippen molar-refractivity contribution in [3.8, 4) is 6.07 Å². The Morgan fingerprint density at radius 1 is 1.33 bits per heavy atom. The third-order valence-corrected chi connectivity index (χ3v) is 3.19. The lowest BCUT2D eigenvalue weighted by Crippen LogP contribution is -2.33.